The summed E-state index contributed by atoms with van der Waals surface area (Å²) in [6, 6.07) is 1.42. The third-order valence-corrected chi connectivity index (χ3v) is 6.69. The Kier molecular flexibility index (Phi) is 4.24. The Morgan fingerprint density at radius 3 is 2.79 bits per heavy atom. The lowest BCUT2D eigenvalue weighted by atomic mass is 10.3. The summed E-state index contributed by atoms with van der Waals surface area (Å²) >= 11 is 10.1. The van der Waals surface area contributed by atoms with Crippen LogP contribution >= 0.6 is 38.9 Å². The predicted molar refractivity (Wildman–Crippen MR) is 80.4 cm³/mol. The third kappa shape index (κ3) is 3.13. The number of aryl methyl sites for hydroxylation is 2. The van der Waals surface area contributed by atoms with E-state index in [2.05, 4.69) is 25.8 Å². The van der Waals surface area contributed by atoms with Crippen LogP contribution in [0, 0.1) is 0 Å². The van der Waals surface area contributed by atoms with Gasteiger partial charge < -0.3 is 0 Å². The van der Waals surface area contributed by atoms with Crippen molar-refractivity contribution in [1.82, 2.24) is 9.78 Å². The normalized spacial score (nSPS) is 11.8. The minimum Gasteiger partial charge on any atom is -0.275 e. The summed E-state index contributed by atoms with van der Waals surface area (Å²) in [5.41, 5.74) is 1.19. The summed E-state index contributed by atoms with van der Waals surface area (Å²) in [6.45, 7) is 1.92. The molecule has 0 aliphatic rings. The Hall–Kier alpha value is -0.570. The molecule has 2 rings (SSSR count). The van der Waals surface area contributed by atoms with Gasteiger partial charge in [-0.2, -0.15) is 5.10 Å². The molecule has 0 aliphatic carbocycles. The van der Waals surface area contributed by atoms with Crippen molar-refractivity contribution in [2.45, 2.75) is 17.6 Å². The van der Waals surface area contributed by atoms with Crippen molar-refractivity contribution < 1.29 is 8.42 Å². The van der Waals surface area contributed by atoms with Gasteiger partial charge in [0.1, 0.15) is 4.21 Å². The Labute approximate surface area is 128 Å². The van der Waals surface area contributed by atoms with Crippen LogP contribution in [0.2, 0.25) is 5.02 Å². The highest BCUT2D eigenvalue weighted by atomic mass is 79.9. The Bertz CT molecular complexity index is 689. The number of aromatic nitrogens is 2. The van der Waals surface area contributed by atoms with E-state index in [0.717, 1.165) is 11.3 Å². The summed E-state index contributed by atoms with van der Waals surface area (Å²) in [5, 5.41) is 4.57. The second-order valence-electron chi connectivity index (χ2n) is 3.81. The van der Waals surface area contributed by atoms with E-state index in [9.17, 15) is 8.42 Å². The van der Waals surface area contributed by atoms with Gasteiger partial charge in [-0.25, -0.2) is 8.42 Å². The molecule has 1 N–H and O–H groups in total. The second-order valence-corrected chi connectivity index (χ2v) is 8.50. The predicted octanol–water partition coefficient (Wildman–Crippen LogP) is 3.26. The van der Waals surface area contributed by atoms with Crippen molar-refractivity contribution in [3.05, 3.63) is 26.8 Å². The molecule has 0 spiro atoms. The monoisotopic (exact) mass is 383 g/mol. The number of anilines is 1. The summed E-state index contributed by atoms with van der Waals surface area (Å²) in [7, 11) is -1.89. The Balaban J connectivity index is 2.36. The SMILES string of the molecule is CCc1nn(C)cc1NS(=O)(=O)c1cc(Cl)c(Br)s1. The van der Waals surface area contributed by atoms with E-state index in [1.165, 1.54) is 6.07 Å². The van der Waals surface area contributed by atoms with Crippen molar-refractivity contribution >= 4 is 54.6 Å². The number of nitrogens with one attached hydrogen (secondary N) is 1. The van der Waals surface area contributed by atoms with E-state index in [-0.39, 0.29) is 4.21 Å². The molecule has 0 aliphatic heterocycles. The summed E-state index contributed by atoms with van der Waals surface area (Å²) in [5.74, 6) is 0. The first kappa shape index (κ1) is 14.8. The molecule has 0 amide bonds. The topological polar surface area (TPSA) is 64.0 Å². The minimum absolute atomic E-state index is 0.162. The highest BCUT2D eigenvalue weighted by molar-refractivity contribution is 9.11. The molecule has 2 aromatic heterocycles. The zero-order chi connectivity index (χ0) is 14.2. The molecule has 2 heterocycles. The number of hydrogen-bond donors (Lipinski definition) is 1. The van der Waals surface area contributed by atoms with E-state index in [1.807, 2.05) is 6.92 Å². The van der Waals surface area contributed by atoms with Crippen molar-refractivity contribution in [3.63, 3.8) is 0 Å². The summed E-state index contributed by atoms with van der Waals surface area (Å²) in [6.07, 6.45) is 2.29. The average molecular weight is 385 g/mol. The molecule has 2 aromatic rings. The van der Waals surface area contributed by atoms with Gasteiger partial charge in [0.2, 0.25) is 0 Å². The summed E-state index contributed by atoms with van der Waals surface area (Å²) < 4.78 is 29.3. The highest BCUT2D eigenvalue weighted by Crippen LogP contribution is 2.35. The van der Waals surface area contributed by atoms with Crippen molar-refractivity contribution in [1.29, 1.82) is 0 Å². The molecule has 0 unspecified atom stereocenters. The van der Waals surface area contributed by atoms with Crippen LogP contribution in [-0.4, -0.2) is 18.2 Å². The molecule has 0 aromatic carbocycles. The van der Waals surface area contributed by atoms with Crippen LogP contribution < -0.4 is 4.72 Å². The lowest BCUT2D eigenvalue weighted by Gasteiger charge is -2.04. The van der Waals surface area contributed by atoms with Gasteiger partial charge in [-0.3, -0.25) is 9.40 Å². The fraction of sp³-hybridized carbons (Fsp3) is 0.300. The summed E-state index contributed by atoms with van der Waals surface area (Å²) in [4.78, 5) is 0. The van der Waals surface area contributed by atoms with Gasteiger partial charge in [0.25, 0.3) is 10.0 Å². The molecule has 0 saturated carbocycles. The first-order valence-electron chi connectivity index (χ1n) is 5.33. The number of halogens is 2. The van der Waals surface area contributed by atoms with Gasteiger partial charge in [-0.15, -0.1) is 11.3 Å². The van der Waals surface area contributed by atoms with Crippen molar-refractivity contribution in [2.24, 2.45) is 7.05 Å². The Morgan fingerprint density at radius 2 is 2.26 bits per heavy atom. The van der Waals surface area contributed by atoms with E-state index >= 15 is 0 Å². The van der Waals surface area contributed by atoms with E-state index in [1.54, 1.807) is 17.9 Å². The quantitative estimate of drug-likeness (QED) is 0.880. The molecule has 5 nitrogen and oxygen atoms in total. The first-order chi connectivity index (χ1) is 8.83. The van der Waals surface area contributed by atoms with Gasteiger partial charge >= 0.3 is 0 Å². The van der Waals surface area contributed by atoms with E-state index in [0.29, 0.717) is 26.6 Å². The van der Waals surface area contributed by atoms with Crippen LogP contribution in [-0.2, 0) is 23.5 Å². The fourth-order valence-electron chi connectivity index (χ4n) is 1.54. The van der Waals surface area contributed by atoms with Crippen molar-refractivity contribution in [2.75, 3.05) is 4.72 Å². The fourth-order valence-corrected chi connectivity index (χ4v) is 5.01. The van der Waals surface area contributed by atoms with Gasteiger partial charge in [0.15, 0.2) is 0 Å². The molecule has 9 heteroatoms. The molecule has 104 valence electrons. The van der Waals surface area contributed by atoms with E-state index < -0.39 is 10.0 Å². The number of rotatable bonds is 4. The zero-order valence-electron chi connectivity index (χ0n) is 10.1. The highest BCUT2D eigenvalue weighted by Gasteiger charge is 2.21. The van der Waals surface area contributed by atoms with Gasteiger partial charge in [0.05, 0.1) is 20.2 Å². The van der Waals surface area contributed by atoms with Gasteiger partial charge in [-0.1, -0.05) is 18.5 Å². The molecule has 0 bridgehead atoms. The molecule has 0 atom stereocenters. The number of nitrogens with zero attached hydrogens (tertiary/aromatic N) is 2. The molecule has 0 saturated heterocycles. The van der Waals surface area contributed by atoms with Crippen LogP contribution in [0.25, 0.3) is 0 Å². The van der Waals surface area contributed by atoms with E-state index in [4.69, 9.17) is 11.6 Å². The first-order valence-corrected chi connectivity index (χ1v) is 8.80. The molecule has 0 radical (unpaired) electrons. The standard InChI is InChI=1S/C10H11BrClN3O2S2/c1-3-7-8(5-15(2)13-7)14-19(16,17)9-4-6(12)10(11)18-9/h4-5,14H,3H2,1-2H3. The lowest BCUT2D eigenvalue weighted by molar-refractivity contribution is 0.603. The average Bonchev–Trinajstić information content (AvgIpc) is 2.83. The maximum Gasteiger partial charge on any atom is 0.271 e. The van der Waals surface area contributed by atoms with Crippen LogP contribution in [0.3, 0.4) is 0 Å². The molecular formula is C10H11BrClN3O2S2. The number of hydrogen-bond acceptors (Lipinski definition) is 4. The zero-order valence-corrected chi connectivity index (χ0v) is 14.1. The smallest absolute Gasteiger partial charge is 0.271 e. The van der Waals surface area contributed by atoms with Gasteiger partial charge in [0, 0.05) is 13.2 Å². The second kappa shape index (κ2) is 5.43. The maximum absolute atomic E-state index is 12.2. The number of thiophene rings is 1. The maximum atomic E-state index is 12.2. The largest absolute Gasteiger partial charge is 0.275 e. The third-order valence-electron chi connectivity index (χ3n) is 2.37. The Morgan fingerprint density at radius 1 is 1.58 bits per heavy atom. The van der Waals surface area contributed by atoms with Gasteiger partial charge in [-0.05, 0) is 28.4 Å². The lowest BCUT2D eigenvalue weighted by Crippen LogP contribution is -2.12. The minimum atomic E-state index is -3.63. The molecular weight excluding hydrogens is 374 g/mol. The molecule has 19 heavy (non-hydrogen) atoms. The number of sulfonamides is 1. The van der Waals surface area contributed by atoms with Crippen molar-refractivity contribution in [3.8, 4) is 0 Å². The van der Waals surface area contributed by atoms with Crippen LogP contribution in [0.1, 0.15) is 12.6 Å². The van der Waals surface area contributed by atoms with Crippen LogP contribution in [0.15, 0.2) is 20.3 Å². The van der Waals surface area contributed by atoms with Crippen LogP contribution in [0.4, 0.5) is 5.69 Å². The molecule has 0 fully saturated rings. The van der Waals surface area contributed by atoms with Crippen LogP contribution in [0.5, 0.6) is 0 Å².